The summed E-state index contributed by atoms with van der Waals surface area (Å²) in [7, 11) is 1.53. The Balaban J connectivity index is 1.92. The fourth-order valence-electron chi connectivity index (χ4n) is 3.62. The van der Waals surface area contributed by atoms with Crippen molar-refractivity contribution in [3.8, 4) is 5.75 Å². The molecule has 0 bridgehead atoms. The van der Waals surface area contributed by atoms with E-state index in [9.17, 15) is 19.1 Å². The molecule has 1 aliphatic heterocycles. The van der Waals surface area contributed by atoms with E-state index in [1.807, 2.05) is 0 Å². The van der Waals surface area contributed by atoms with Gasteiger partial charge < -0.3 is 14.3 Å². The normalized spacial score (nSPS) is 18.1. The van der Waals surface area contributed by atoms with Gasteiger partial charge in [0.1, 0.15) is 29.1 Å². The van der Waals surface area contributed by atoms with Crippen LogP contribution < -0.4 is 9.64 Å². The summed E-state index contributed by atoms with van der Waals surface area (Å²) in [4.78, 5) is 26.9. The zero-order chi connectivity index (χ0) is 21.4. The Morgan fingerprint density at radius 3 is 2.57 bits per heavy atom. The van der Waals surface area contributed by atoms with E-state index < -0.39 is 23.5 Å². The summed E-state index contributed by atoms with van der Waals surface area (Å²) < 4.78 is 24.5. The van der Waals surface area contributed by atoms with Gasteiger partial charge in [-0.3, -0.25) is 14.5 Å². The van der Waals surface area contributed by atoms with Crippen molar-refractivity contribution in [2.24, 2.45) is 0 Å². The Morgan fingerprint density at radius 2 is 1.93 bits per heavy atom. The topological polar surface area (TPSA) is 80.0 Å². The number of Topliss-reactive ketones (excluding diaryl/α,β-unsaturated/α-hetero) is 1. The number of aliphatic hydroxyl groups excluding tert-OH is 1. The Bertz CT molecular complexity index is 1170. The third-order valence-corrected chi connectivity index (χ3v) is 5.01. The van der Waals surface area contributed by atoms with Gasteiger partial charge in [-0.1, -0.05) is 6.07 Å². The molecule has 152 valence electrons. The first kappa shape index (κ1) is 19.4. The van der Waals surface area contributed by atoms with Gasteiger partial charge in [-0.15, -0.1) is 0 Å². The van der Waals surface area contributed by atoms with Crippen molar-refractivity contribution in [3.05, 3.63) is 89.1 Å². The molecule has 1 saturated heterocycles. The number of ether oxygens (including phenoxy) is 1. The van der Waals surface area contributed by atoms with Gasteiger partial charge in [0, 0.05) is 11.3 Å². The lowest BCUT2D eigenvalue weighted by molar-refractivity contribution is -0.132. The standard InChI is InChI=1S/C23H18FNO5/c1-13-11-14(8-9-17(13)29-2)21(26)19-20(18-7-4-10-30-18)25(23(28)22(19)27)16-6-3-5-15(24)12-16/h3-12,20,26H,1-2H3/b21-19-. The SMILES string of the molecule is COc1ccc(/C(O)=C2/C(=O)C(=O)N(c3cccc(F)c3)C2c2ccco2)cc1C. The second kappa shape index (κ2) is 7.51. The van der Waals surface area contributed by atoms with E-state index in [1.54, 1.807) is 37.3 Å². The molecular formula is C23H18FNO5. The molecule has 2 heterocycles. The minimum Gasteiger partial charge on any atom is -0.507 e. The molecule has 2 aromatic carbocycles. The van der Waals surface area contributed by atoms with Crippen LogP contribution in [0, 0.1) is 12.7 Å². The van der Waals surface area contributed by atoms with Gasteiger partial charge in [0.05, 0.1) is 18.9 Å². The number of halogens is 1. The lowest BCUT2D eigenvalue weighted by atomic mass is 9.98. The maximum atomic E-state index is 13.8. The summed E-state index contributed by atoms with van der Waals surface area (Å²) in [5.41, 5.74) is 1.14. The number of methoxy groups -OCH3 is 1. The van der Waals surface area contributed by atoms with Gasteiger partial charge in [0.15, 0.2) is 0 Å². The Kier molecular flexibility index (Phi) is 4.87. The van der Waals surface area contributed by atoms with Crippen LogP contribution in [0.3, 0.4) is 0 Å². The smallest absolute Gasteiger partial charge is 0.300 e. The number of anilines is 1. The molecule has 0 saturated carbocycles. The van der Waals surface area contributed by atoms with Gasteiger partial charge in [-0.2, -0.15) is 0 Å². The zero-order valence-electron chi connectivity index (χ0n) is 16.3. The van der Waals surface area contributed by atoms with Crippen molar-refractivity contribution >= 4 is 23.1 Å². The number of carbonyl (C=O) groups excluding carboxylic acids is 2. The van der Waals surface area contributed by atoms with Crippen molar-refractivity contribution < 1.29 is 28.2 Å². The molecule has 1 amide bonds. The lowest BCUT2D eigenvalue weighted by Crippen LogP contribution is -2.29. The predicted octanol–water partition coefficient (Wildman–Crippen LogP) is 4.36. The largest absolute Gasteiger partial charge is 0.507 e. The molecule has 4 rings (SSSR count). The van der Waals surface area contributed by atoms with E-state index >= 15 is 0 Å². The van der Waals surface area contributed by atoms with Crippen molar-refractivity contribution in [1.82, 2.24) is 0 Å². The number of aryl methyl sites for hydroxylation is 1. The van der Waals surface area contributed by atoms with Gasteiger partial charge in [0.25, 0.3) is 11.7 Å². The van der Waals surface area contributed by atoms with Crippen LogP contribution in [0.4, 0.5) is 10.1 Å². The van der Waals surface area contributed by atoms with Gasteiger partial charge in [0.2, 0.25) is 0 Å². The molecule has 30 heavy (non-hydrogen) atoms. The third kappa shape index (κ3) is 3.14. The van der Waals surface area contributed by atoms with E-state index in [1.165, 1.54) is 31.6 Å². The fourth-order valence-corrected chi connectivity index (χ4v) is 3.62. The molecule has 1 N–H and O–H groups in total. The van der Waals surface area contributed by atoms with E-state index in [0.717, 1.165) is 16.5 Å². The minimum atomic E-state index is -1.04. The quantitative estimate of drug-likeness (QED) is 0.395. The molecule has 6 nitrogen and oxygen atoms in total. The molecule has 1 aromatic heterocycles. The van der Waals surface area contributed by atoms with Crippen LogP contribution in [-0.4, -0.2) is 23.9 Å². The van der Waals surface area contributed by atoms with Crippen molar-refractivity contribution in [1.29, 1.82) is 0 Å². The van der Waals surface area contributed by atoms with Crippen LogP contribution in [-0.2, 0) is 9.59 Å². The first-order valence-corrected chi connectivity index (χ1v) is 9.17. The maximum Gasteiger partial charge on any atom is 0.300 e. The molecule has 7 heteroatoms. The third-order valence-electron chi connectivity index (χ3n) is 5.01. The Morgan fingerprint density at radius 1 is 1.13 bits per heavy atom. The summed E-state index contributed by atoms with van der Waals surface area (Å²) in [5.74, 6) is -1.78. The molecule has 0 radical (unpaired) electrons. The van der Waals surface area contributed by atoms with E-state index in [-0.39, 0.29) is 22.8 Å². The number of nitrogens with zero attached hydrogens (tertiary/aromatic N) is 1. The average molecular weight is 407 g/mol. The highest BCUT2D eigenvalue weighted by Gasteiger charge is 2.48. The van der Waals surface area contributed by atoms with Gasteiger partial charge >= 0.3 is 0 Å². The number of hydrogen-bond donors (Lipinski definition) is 1. The van der Waals surface area contributed by atoms with Crippen molar-refractivity contribution in [3.63, 3.8) is 0 Å². The molecular weight excluding hydrogens is 389 g/mol. The molecule has 1 aliphatic rings. The first-order valence-electron chi connectivity index (χ1n) is 9.17. The highest BCUT2D eigenvalue weighted by molar-refractivity contribution is 6.51. The molecule has 3 aromatic rings. The number of rotatable bonds is 4. The monoisotopic (exact) mass is 407 g/mol. The molecule has 1 atom stereocenters. The Labute approximate surface area is 171 Å². The second-order valence-corrected chi connectivity index (χ2v) is 6.85. The van der Waals surface area contributed by atoms with Crippen LogP contribution in [0.1, 0.15) is 22.9 Å². The highest BCUT2D eigenvalue weighted by Crippen LogP contribution is 2.42. The van der Waals surface area contributed by atoms with Gasteiger partial charge in [-0.05, 0) is 61.0 Å². The number of benzene rings is 2. The highest BCUT2D eigenvalue weighted by atomic mass is 19.1. The number of ketones is 1. The van der Waals surface area contributed by atoms with Gasteiger partial charge in [-0.25, -0.2) is 4.39 Å². The average Bonchev–Trinajstić information content (AvgIpc) is 3.34. The number of carbonyl (C=O) groups is 2. The second-order valence-electron chi connectivity index (χ2n) is 6.85. The zero-order valence-corrected chi connectivity index (χ0v) is 16.3. The summed E-state index contributed by atoms with van der Waals surface area (Å²) in [6.45, 7) is 1.80. The number of aliphatic hydroxyl groups is 1. The van der Waals surface area contributed by atoms with Crippen LogP contribution in [0.25, 0.3) is 5.76 Å². The number of furan rings is 1. The predicted molar refractivity (Wildman–Crippen MR) is 108 cm³/mol. The van der Waals surface area contributed by atoms with E-state index in [0.29, 0.717) is 11.3 Å². The lowest BCUT2D eigenvalue weighted by Gasteiger charge is -2.23. The number of amides is 1. The molecule has 1 unspecified atom stereocenters. The summed E-state index contributed by atoms with van der Waals surface area (Å²) in [6, 6.07) is 12.4. The van der Waals surface area contributed by atoms with E-state index in [2.05, 4.69) is 0 Å². The van der Waals surface area contributed by atoms with Crippen molar-refractivity contribution in [2.75, 3.05) is 12.0 Å². The maximum absolute atomic E-state index is 13.8. The van der Waals surface area contributed by atoms with Crippen LogP contribution >= 0.6 is 0 Å². The first-order chi connectivity index (χ1) is 14.4. The fraction of sp³-hybridized carbons (Fsp3) is 0.130. The minimum absolute atomic E-state index is 0.135. The molecule has 1 fully saturated rings. The van der Waals surface area contributed by atoms with Crippen molar-refractivity contribution in [2.45, 2.75) is 13.0 Å². The summed E-state index contributed by atoms with van der Waals surface area (Å²) in [6.07, 6.45) is 1.40. The molecule has 0 aliphatic carbocycles. The summed E-state index contributed by atoms with van der Waals surface area (Å²) in [5, 5.41) is 11.0. The van der Waals surface area contributed by atoms with Crippen LogP contribution in [0.2, 0.25) is 0 Å². The van der Waals surface area contributed by atoms with Crippen LogP contribution in [0.5, 0.6) is 5.75 Å². The number of hydrogen-bond acceptors (Lipinski definition) is 5. The molecule has 0 spiro atoms. The summed E-state index contributed by atoms with van der Waals surface area (Å²) >= 11 is 0. The Hall–Kier alpha value is -3.87. The van der Waals surface area contributed by atoms with E-state index in [4.69, 9.17) is 9.15 Å². The van der Waals surface area contributed by atoms with Crippen LogP contribution in [0.15, 0.2) is 70.9 Å².